The number of carbonyl (C=O) groups is 1. The zero-order valence-electron chi connectivity index (χ0n) is 15.6. The number of benzene rings is 1. The highest BCUT2D eigenvalue weighted by Gasteiger charge is 2.20. The Morgan fingerprint density at radius 3 is 2.74 bits per heavy atom. The molecular formula is C21H23ClN4O. The van der Waals surface area contributed by atoms with Crippen molar-refractivity contribution < 1.29 is 4.79 Å². The molecular weight excluding hydrogens is 360 g/mol. The highest BCUT2D eigenvalue weighted by molar-refractivity contribution is 6.31. The quantitative estimate of drug-likeness (QED) is 0.623. The zero-order chi connectivity index (χ0) is 19.4. The van der Waals surface area contributed by atoms with Crippen molar-refractivity contribution >= 4 is 23.6 Å². The normalized spacial score (nSPS) is 15.0. The number of aryl methyl sites for hydroxylation is 1. The number of amides is 1. The number of halogens is 1. The highest BCUT2D eigenvalue weighted by atomic mass is 35.5. The molecule has 5 nitrogen and oxygen atoms in total. The molecule has 140 valence electrons. The molecule has 1 amide bonds. The minimum atomic E-state index is -0.304. The summed E-state index contributed by atoms with van der Waals surface area (Å²) in [5, 5.41) is 17.7. The Hall–Kier alpha value is -2.58. The van der Waals surface area contributed by atoms with Crippen LogP contribution in [0.1, 0.15) is 48.2 Å². The van der Waals surface area contributed by atoms with Crippen LogP contribution in [0.15, 0.2) is 29.8 Å². The number of aromatic nitrogens is 2. The lowest BCUT2D eigenvalue weighted by Crippen LogP contribution is -2.33. The molecule has 2 aromatic rings. The second-order valence-corrected chi connectivity index (χ2v) is 7.37. The first-order valence-corrected chi connectivity index (χ1v) is 9.57. The van der Waals surface area contributed by atoms with Crippen LogP contribution in [0.4, 0.5) is 0 Å². The van der Waals surface area contributed by atoms with Gasteiger partial charge in [-0.15, -0.1) is 0 Å². The average molecular weight is 383 g/mol. The SMILES string of the molecule is Cc1nn(Cc2ccccc2Cl)c(C)c1/C=C(\C#N)C(=O)NC1CCCC1. The van der Waals surface area contributed by atoms with Gasteiger partial charge in [0.25, 0.3) is 5.91 Å². The highest BCUT2D eigenvalue weighted by Crippen LogP contribution is 2.22. The van der Waals surface area contributed by atoms with E-state index in [9.17, 15) is 10.1 Å². The van der Waals surface area contributed by atoms with Gasteiger partial charge in [0.15, 0.2) is 0 Å². The van der Waals surface area contributed by atoms with Crippen molar-refractivity contribution in [1.82, 2.24) is 15.1 Å². The molecule has 1 heterocycles. The number of hydrogen-bond donors (Lipinski definition) is 1. The molecule has 3 rings (SSSR count). The van der Waals surface area contributed by atoms with Crippen LogP contribution in [0.3, 0.4) is 0 Å². The van der Waals surface area contributed by atoms with Gasteiger partial charge in [0.05, 0.1) is 12.2 Å². The van der Waals surface area contributed by atoms with E-state index in [1.54, 1.807) is 6.08 Å². The lowest BCUT2D eigenvalue weighted by molar-refractivity contribution is -0.117. The Morgan fingerprint density at radius 2 is 2.07 bits per heavy atom. The maximum atomic E-state index is 12.5. The van der Waals surface area contributed by atoms with Crippen LogP contribution in [-0.2, 0) is 11.3 Å². The summed E-state index contributed by atoms with van der Waals surface area (Å²) in [6.45, 7) is 4.36. The van der Waals surface area contributed by atoms with E-state index in [2.05, 4.69) is 10.4 Å². The fraction of sp³-hybridized carbons (Fsp3) is 0.381. The fourth-order valence-corrected chi connectivity index (χ4v) is 3.68. The van der Waals surface area contributed by atoms with Gasteiger partial charge in [-0.2, -0.15) is 10.4 Å². The first-order valence-electron chi connectivity index (χ1n) is 9.19. The van der Waals surface area contributed by atoms with E-state index in [1.807, 2.05) is 48.9 Å². The van der Waals surface area contributed by atoms with E-state index in [0.29, 0.717) is 11.6 Å². The van der Waals surface area contributed by atoms with Gasteiger partial charge < -0.3 is 5.32 Å². The number of nitrogens with zero attached hydrogens (tertiary/aromatic N) is 3. The summed E-state index contributed by atoms with van der Waals surface area (Å²) < 4.78 is 1.85. The van der Waals surface area contributed by atoms with Gasteiger partial charge >= 0.3 is 0 Å². The Labute approximate surface area is 164 Å². The maximum Gasteiger partial charge on any atom is 0.262 e. The molecule has 1 fully saturated rings. The van der Waals surface area contributed by atoms with Crippen LogP contribution in [0.2, 0.25) is 5.02 Å². The number of rotatable bonds is 5. The van der Waals surface area contributed by atoms with E-state index in [1.165, 1.54) is 0 Å². The largest absolute Gasteiger partial charge is 0.349 e. The van der Waals surface area contributed by atoms with Crippen LogP contribution in [0.25, 0.3) is 6.08 Å². The van der Waals surface area contributed by atoms with E-state index < -0.39 is 0 Å². The second-order valence-electron chi connectivity index (χ2n) is 6.96. The van der Waals surface area contributed by atoms with E-state index in [4.69, 9.17) is 11.6 Å². The molecule has 1 N–H and O–H groups in total. The third-order valence-corrected chi connectivity index (χ3v) is 5.43. The van der Waals surface area contributed by atoms with E-state index in [0.717, 1.165) is 48.2 Å². The van der Waals surface area contributed by atoms with Crippen molar-refractivity contribution in [3.63, 3.8) is 0 Å². The minimum absolute atomic E-state index is 0.116. The number of nitrogens with one attached hydrogen (secondary N) is 1. The molecule has 0 spiro atoms. The summed E-state index contributed by atoms with van der Waals surface area (Å²) in [4.78, 5) is 12.5. The third-order valence-electron chi connectivity index (χ3n) is 5.06. The summed E-state index contributed by atoms with van der Waals surface area (Å²) in [6.07, 6.45) is 5.87. The summed E-state index contributed by atoms with van der Waals surface area (Å²) >= 11 is 6.25. The van der Waals surface area contributed by atoms with E-state index >= 15 is 0 Å². The molecule has 1 aliphatic carbocycles. The van der Waals surface area contributed by atoms with Crippen molar-refractivity contribution in [3.8, 4) is 6.07 Å². The molecule has 27 heavy (non-hydrogen) atoms. The predicted octanol–water partition coefficient (Wildman–Crippen LogP) is 4.17. The Kier molecular flexibility index (Phi) is 5.98. The van der Waals surface area contributed by atoms with Crippen molar-refractivity contribution in [2.45, 2.75) is 52.1 Å². The molecule has 1 aliphatic rings. The molecule has 0 radical (unpaired) electrons. The first-order chi connectivity index (χ1) is 13.0. The zero-order valence-corrected chi connectivity index (χ0v) is 16.4. The molecule has 6 heteroatoms. The molecule has 1 aromatic carbocycles. The van der Waals surface area contributed by atoms with Crippen LogP contribution in [-0.4, -0.2) is 21.7 Å². The molecule has 0 aliphatic heterocycles. The summed E-state index contributed by atoms with van der Waals surface area (Å²) in [5.74, 6) is -0.304. The van der Waals surface area contributed by atoms with Crippen LogP contribution in [0, 0.1) is 25.2 Å². The molecule has 0 saturated heterocycles. The minimum Gasteiger partial charge on any atom is -0.349 e. The Bertz CT molecular complexity index is 917. The second kappa shape index (κ2) is 8.41. The third kappa shape index (κ3) is 4.40. The summed E-state index contributed by atoms with van der Waals surface area (Å²) in [5.41, 5.74) is 3.57. The molecule has 0 atom stereocenters. The first kappa shape index (κ1) is 19.2. The van der Waals surface area contributed by atoms with Crippen LogP contribution < -0.4 is 5.32 Å². The molecule has 1 saturated carbocycles. The molecule has 0 unspecified atom stereocenters. The van der Waals surface area contributed by atoms with Gasteiger partial charge in [0.1, 0.15) is 11.6 Å². The number of hydrogen-bond acceptors (Lipinski definition) is 3. The Morgan fingerprint density at radius 1 is 1.37 bits per heavy atom. The lowest BCUT2D eigenvalue weighted by Gasteiger charge is -2.11. The van der Waals surface area contributed by atoms with Crippen molar-refractivity contribution in [3.05, 3.63) is 57.4 Å². The van der Waals surface area contributed by atoms with Crippen LogP contribution >= 0.6 is 11.6 Å². The van der Waals surface area contributed by atoms with Gasteiger partial charge in [-0.05, 0) is 44.4 Å². The van der Waals surface area contributed by atoms with Crippen molar-refractivity contribution in [1.29, 1.82) is 5.26 Å². The maximum absolute atomic E-state index is 12.5. The Balaban J connectivity index is 1.84. The van der Waals surface area contributed by atoms with E-state index in [-0.39, 0.29) is 17.5 Å². The number of carbonyl (C=O) groups excluding carboxylic acids is 1. The molecule has 0 bridgehead atoms. The van der Waals surface area contributed by atoms with Gasteiger partial charge in [-0.1, -0.05) is 42.6 Å². The topological polar surface area (TPSA) is 70.7 Å². The average Bonchev–Trinajstić information content (AvgIpc) is 3.24. The van der Waals surface area contributed by atoms with Crippen LogP contribution in [0.5, 0.6) is 0 Å². The van der Waals surface area contributed by atoms with Gasteiger partial charge in [-0.3, -0.25) is 9.48 Å². The van der Waals surface area contributed by atoms with Crippen molar-refractivity contribution in [2.75, 3.05) is 0 Å². The summed E-state index contributed by atoms with van der Waals surface area (Å²) in [7, 11) is 0. The standard InChI is InChI=1S/C21H23ClN4O/c1-14-19(11-17(12-23)21(27)24-18-8-4-5-9-18)15(2)26(25-14)13-16-7-3-6-10-20(16)22/h3,6-7,10-11,18H,4-5,8-9,13H2,1-2H3,(H,24,27)/b17-11+. The van der Waals surface area contributed by atoms with Gasteiger partial charge in [-0.25, -0.2) is 0 Å². The van der Waals surface area contributed by atoms with Gasteiger partial charge in [0, 0.05) is 22.3 Å². The molecule has 1 aromatic heterocycles. The lowest BCUT2D eigenvalue weighted by atomic mass is 10.1. The fourth-order valence-electron chi connectivity index (χ4n) is 3.49. The van der Waals surface area contributed by atoms with Crippen molar-refractivity contribution in [2.24, 2.45) is 0 Å². The van der Waals surface area contributed by atoms with Gasteiger partial charge in [0.2, 0.25) is 0 Å². The monoisotopic (exact) mass is 382 g/mol. The number of nitriles is 1. The predicted molar refractivity (Wildman–Crippen MR) is 106 cm³/mol. The smallest absolute Gasteiger partial charge is 0.262 e. The summed E-state index contributed by atoms with van der Waals surface area (Å²) in [6, 6.07) is 9.86.